The van der Waals surface area contributed by atoms with Crippen LogP contribution in [-0.4, -0.2) is 18.1 Å². The van der Waals surface area contributed by atoms with Gasteiger partial charge in [-0.15, -0.1) is 0 Å². The minimum Gasteiger partial charge on any atom is -0.357 e. The fourth-order valence-corrected chi connectivity index (χ4v) is 3.14. The standard InChI is InChI=1S/C19H24N3/c1-14-13-22(16(3)21(14)5)18-11-8-9-17(15(18)2)19-10-6-7-12-20(19)4/h6-13,16H,1-5H3/q+1/t16-/m0/s1. The second-order valence-corrected chi connectivity index (χ2v) is 6.07. The Morgan fingerprint density at radius 1 is 1.05 bits per heavy atom. The maximum atomic E-state index is 2.36. The Hall–Kier alpha value is -2.29. The Labute approximate surface area is 133 Å². The number of anilines is 1. The van der Waals surface area contributed by atoms with E-state index in [0.29, 0.717) is 6.17 Å². The van der Waals surface area contributed by atoms with Gasteiger partial charge in [-0.2, -0.15) is 0 Å². The van der Waals surface area contributed by atoms with E-state index in [1.165, 1.54) is 28.2 Å². The molecule has 1 aliphatic rings. The highest BCUT2D eigenvalue weighted by molar-refractivity contribution is 5.72. The highest BCUT2D eigenvalue weighted by Crippen LogP contribution is 2.33. The zero-order valence-corrected chi connectivity index (χ0v) is 14.0. The molecule has 2 heterocycles. The van der Waals surface area contributed by atoms with Crippen molar-refractivity contribution in [1.82, 2.24) is 4.90 Å². The van der Waals surface area contributed by atoms with Crippen LogP contribution in [-0.2, 0) is 7.05 Å². The Morgan fingerprint density at radius 2 is 1.82 bits per heavy atom. The summed E-state index contributed by atoms with van der Waals surface area (Å²) < 4.78 is 2.17. The van der Waals surface area contributed by atoms with Crippen LogP contribution in [0.2, 0.25) is 0 Å². The normalized spacial score (nSPS) is 17.9. The van der Waals surface area contributed by atoms with Gasteiger partial charge < -0.3 is 9.80 Å². The summed E-state index contributed by atoms with van der Waals surface area (Å²) in [5.74, 6) is 0. The lowest BCUT2D eigenvalue weighted by Crippen LogP contribution is -2.35. The van der Waals surface area contributed by atoms with Gasteiger partial charge in [0.25, 0.3) is 0 Å². The zero-order chi connectivity index (χ0) is 15.9. The van der Waals surface area contributed by atoms with E-state index in [9.17, 15) is 0 Å². The van der Waals surface area contributed by atoms with Crippen LogP contribution in [0.25, 0.3) is 11.3 Å². The Morgan fingerprint density at radius 3 is 2.45 bits per heavy atom. The summed E-state index contributed by atoms with van der Waals surface area (Å²) in [7, 11) is 4.24. The fourth-order valence-electron chi connectivity index (χ4n) is 3.14. The van der Waals surface area contributed by atoms with E-state index in [4.69, 9.17) is 0 Å². The Balaban J connectivity index is 2.10. The third kappa shape index (κ3) is 2.27. The molecule has 1 atom stereocenters. The van der Waals surface area contributed by atoms with E-state index < -0.39 is 0 Å². The van der Waals surface area contributed by atoms with Crippen molar-refractivity contribution in [3.05, 3.63) is 60.1 Å². The molecule has 2 aromatic rings. The molecule has 0 aliphatic carbocycles. The topological polar surface area (TPSA) is 10.4 Å². The number of aromatic nitrogens is 1. The van der Waals surface area contributed by atoms with Gasteiger partial charge >= 0.3 is 0 Å². The van der Waals surface area contributed by atoms with Crippen LogP contribution >= 0.6 is 0 Å². The average molecular weight is 294 g/mol. The second-order valence-electron chi connectivity index (χ2n) is 6.07. The summed E-state index contributed by atoms with van der Waals surface area (Å²) in [5, 5.41) is 0. The van der Waals surface area contributed by atoms with Crippen LogP contribution in [0.3, 0.4) is 0 Å². The van der Waals surface area contributed by atoms with Gasteiger partial charge in [0.15, 0.2) is 6.20 Å². The van der Waals surface area contributed by atoms with Crippen molar-refractivity contribution in [1.29, 1.82) is 0 Å². The molecule has 0 saturated heterocycles. The fraction of sp³-hybridized carbons (Fsp3) is 0.316. The maximum absolute atomic E-state index is 2.36. The third-order valence-electron chi connectivity index (χ3n) is 4.76. The Kier molecular flexibility index (Phi) is 3.65. The first-order chi connectivity index (χ1) is 10.5. The van der Waals surface area contributed by atoms with Crippen LogP contribution in [0.5, 0.6) is 0 Å². The molecular formula is C19H24N3+. The number of aryl methyl sites for hydroxylation is 1. The summed E-state index contributed by atoms with van der Waals surface area (Å²) in [6, 6.07) is 12.9. The summed E-state index contributed by atoms with van der Waals surface area (Å²) in [6.07, 6.45) is 4.68. The number of rotatable bonds is 2. The van der Waals surface area contributed by atoms with Crippen LogP contribution in [0.15, 0.2) is 54.5 Å². The van der Waals surface area contributed by atoms with E-state index in [0.717, 1.165) is 0 Å². The largest absolute Gasteiger partial charge is 0.357 e. The van der Waals surface area contributed by atoms with Gasteiger partial charge in [0.1, 0.15) is 13.2 Å². The molecule has 0 saturated carbocycles. The van der Waals surface area contributed by atoms with Crippen LogP contribution in [0.1, 0.15) is 19.4 Å². The minimum absolute atomic E-state index is 0.346. The SMILES string of the molecule is CC1=CN(c2cccc(-c3cccc[n+]3C)c2C)[C@@H](C)N1C. The molecule has 0 N–H and O–H groups in total. The first-order valence-electron chi connectivity index (χ1n) is 7.75. The molecule has 0 unspecified atom stereocenters. The van der Waals surface area contributed by atoms with Crippen LogP contribution in [0.4, 0.5) is 5.69 Å². The molecular weight excluding hydrogens is 270 g/mol. The minimum atomic E-state index is 0.346. The van der Waals surface area contributed by atoms with Gasteiger partial charge in [-0.3, -0.25) is 0 Å². The molecule has 0 spiro atoms. The number of pyridine rings is 1. The van der Waals surface area contributed by atoms with E-state index in [2.05, 4.69) is 98.0 Å². The van der Waals surface area contributed by atoms with Crippen molar-refractivity contribution >= 4 is 5.69 Å². The van der Waals surface area contributed by atoms with Gasteiger partial charge in [-0.25, -0.2) is 4.57 Å². The quantitative estimate of drug-likeness (QED) is 0.785. The predicted molar refractivity (Wildman–Crippen MR) is 91.3 cm³/mol. The van der Waals surface area contributed by atoms with Crippen molar-refractivity contribution in [3.8, 4) is 11.3 Å². The molecule has 3 nitrogen and oxygen atoms in total. The summed E-state index contributed by atoms with van der Waals surface area (Å²) in [4.78, 5) is 4.66. The summed E-state index contributed by atoms with van der Waals surface area (Å²) in [5.41, 5.74) is 6.41. The van der Waals surface area contributed by atoms with E-state index in [1.54, 1.807) is 0 Å². The molecule has 1 aromatic heterocycles. The number of allylic oxidation sites excluding steroid dienone is 1. The Bertz CT molecular complexity index is 733. The predicted octanol–water partition coefficient (Wildman–Crippen LogP) is 3.45. The first kappa shape index (κ1) is 14.6. The number of benzene rings is 1. The van der Waals surface area contributed by atoms with Crippen molar-refractivity contribution in [2.24, 2.45) is 7.05 Å². The van der Waals surface area contributed by atoms with E-state index in [1.807, 2.05) is 0 Å². The van der Waals surface area contributed by atoms with Gasteiger partial charge in [-0.1, -0.05) is 6.07 Å². The number of hydrogen-bond acceptors (Lipinski definition) is 2. The molecule has 3 rings (SSSR count). The van der Waals surface area contributed by atoms with Crippen molar-refractivity contribution < 1.29 is 4.57 Å². The average Bonchev–Trinajstić information content (AvgIpc) is 2.76. The van der Waals surface area contributed by atoms with Crippen molar-refractivity contribution in [2.45, 2.75) is 26.9 Å². The van der Waals surface area contributed by atoms with Gasteiger partial charge in [0, 0.05) is 36.8 Å². The molecule has 114 valence electrons. The summed E-state index contributed by atoms with van der Waals surface area (Å²) >= 11 is 0. The van der Waals surface area contributed by atoms with Gasteiger partial charge in [-0.05, 0) is 44.5 Å². The zero-order valence-electron chi connectivity index (χ0n) is 14.0. The lowest BCUT2D eigenvalue weighted by Gasteiger charge is -2.29. The molecule has 0 radical (unpaired) electrons. The first-order valence-corrected chi connectivity index (χ1v) is 7.75. The molecule has 1 aromatic carbocycles. The maximum Gasteiger partial charge on any atom is 0.212 e. The van der Waals surface area contributed by atoms with Gasteiger partial charge in [0.05, 0.1) is 5.56 Å². The van der Waals surface area contributed by atoms with Gasteiger partial charge in [0.2, 0.25) is 5.69 Å². The molecule has 0 fully saturated rings. The molecule has 0 amide bonds. The monoisotopic (exact) mass is 294 g/mol. The third-order valence-corrected chi connectivity index (χ3v) is 4.76. The number of hydrogen-bond donors (Lipinski definition) is 0. The lowest BCUT2D eigenvalue weighted by molar-refractivity contribution is -0.660. The summed E-state index contributed by atoms with van der Waals surface area (Å²) in [6.45, 7) is 6.61. The van der Waals surface area contributed by atoms with E-state index >= 15 is 0 Å². The molecule has 1 aliphatic heterocycles. The highest BCUT2D eigenvalue weighted by Gasteiger charge is 2.26. The van der Waals surface area contributed by atoms with Crippen LogP contribution in [0, 0.1) is 6.92 Å². The highest BCUT2D eigenvalue weighted by atomic mass is 15.4. The molecule has 0 bridgehead atoms. The second kappa shape index (κ2) is 5.48. The molecule has 3 heteroatoms. The lowest BCUT2D eigenvalue weighted by atomic mass is 10.0. The number of nitrogens with zero attached hydrogens (tertiary/aromatic N) is 3. The van der Waals surface area contributed by atoms with Crippen molar-refractivity contribution in [3.63, 3.8) is 0 Å². The van der Waals surface area contributed by atoms with Crippen molar-refractivity contribution in [2.75, 3.05) is 11.9 Å². The van der Waals surface area contributed by atoms with E-state index in [-0.39, 0.29) is 0 Å². The smallest absolute Gasteiger partial charge is 0.212 e. The van der Waals surface area contributed by atoms with Crippen LogP contribution < -0.4 is 9.47 Å². The molecule has 22 heavy (non-hydrogen) atoms.